The maximum absolute atomic E-state index is 4.82. The van der Waals surface area contributed by atoms with E-state index < -0.39 is 0 Å². The third-order valence-corrected chi connectivity index (χ3v) is 5.69. The zero-order valence-electron chi connectivity index (χ0n) is 17.2. The molecule has 1 aromatic carbocycles. The van der Waals surface area contributed by atoms with Crippen molar-refractivity contribution in [3.05, 3.63) is 67.4 Å². The minimum absolute atomic E-state index is 0.383. The van der Waals surface area contributed by atoms with Gasteiger partial charge in [0.2, 0.25) is 0 Å². The lowest BCUT2D eigenvalue weighted by molar-refractivity contribution is 0.491. The quantitative estimate of drug-likeness (QED) is 0.397. The van der Waals surface area contributed by atoms with Gasteiger partial charge >= 0.3 is 0 Å². The predicted octanol–water partition coefficient (Wildman–Crippen LogP) is 3.56. The molecular formula is C23H21N9. The third-order valence-electron chi connectivity index (χ3n) is 5.69. The Labute approximate surface area is 184 Å². The molecule has 1 fully saturated rings. The first kappa shape index (κ1) is 18.6. The van der Waals surface area contributed by atoms with Gasteiger partial charge < -0.3 is 10.6 Å². The largest absolute Gasteiger partial charge is 0.336 e. The normalized spacial score (nSPS) is 15.9. The minimum atomic E-state index is 0.383. The maximum atomic E-state index is 4.82. The van der Waals surface area contributed by atoms with E-state index in [4.69, 9.17) is 9.97 Å². The number of aromatic amines is 1. The molecule has 0 aliphatic carbocycles. The molecule has 3 N–H and O–H groups in total. The van der Waals surface area contributed by atoms with Crippen molar-refractivity contribution in [1.29, 1.82) is 0 Å². The number of pyridine rings is 1. The van der Waals surface area contributed by atoms with Crippen molar-refractivity contribution in [1.82, 2.24) is 40.2 Å². The summed E-state index contributed by atoms with van der Waals surface area (Å²) in [4.78, 5) is 13.8. The summed E-state index contributed by atoms with van der Waals surface area (Å²) in [6.45, 7) is 1.96. The van der Waals surface area contributed by atoms with Gasteiger partial charge in [-0.15, -0.1) is 0 Å². The average Bonchev–Trinajstić information content (AvgIpc) is 3.61. The van der Waals surface area contributed by atoms with Crippen LogP contribution >= 0.6 is 0 Å². The van der Waals surface area contributed by atoms with Crippen LogP contribution in [0, 0.1) is 0 Å². The van der Waals surface area contributed by atoms with Crippen LogP contribution in [0.5, 0.6) is 0 Å². The molecule has 0 radical (unpaired) electrons. The van der Waals surface area contributed by atoms with Crippen molar-refractivity contribution < 1.29 is 0 Å². The van der Waals surface area contributed by atoms with Crippen LogP contribution in [0.1, 0.15) is 12.5 Å². The highest BCUT2D eigenvalue weighted by Gasteiger charge is 2.18. The second-order valence-corrected chi connectivity index (χ2v) is 7.83. The number of benzene rings is 1. The lowest BCUT2D eigenvalue weighted by Gasteiger charge is -2.09. The summed E-state index contributed by atoms with van der Waals surface area (Å²) in [5.41, 5.74) is 5.41. The van der Waals surface area contributed by atoms with E-state index in [9.17, 15) is 0 Å². The van der Waals surface area contributed by atoms with E-state index in [-0.39, 0.29) is 0 Å². The van der Waals surface area contributed by atoms with Crippen LogP contribution in [0.25, 0.3) is 33.5 Å². The first-order chi connectivity index (χ1) is 15.8. The fraction of sp³-hybridized carbons (Fsp3) is 0.174. The van der Waals surface area contributed by atoms with Crippen LogP contribution in [-0.2, 0) is 0 Å². The lowest BCUT2D eigenvalue weighted by atomic mass is 10.0. The Morgan fingerprint density at radius 3 is 2.81 bits per heavy atom. The molecule has 5 aromatic rings. The van der Waals surface area contributed by atoms with Crippen molar-refractivity contribution in [2.24, 2.45) is 0 Å². The molecule has 1 atom stereocenters. The second kappa shape index (κ2) is 7.86. The van der Waals surface area contributed by atoms with Crippen molar-refractivity contribution in [3.63, 3.8) is 0 Å². The number of hydrogen-bond acceptors (Lipinski definition) is 7. The monoisotopic (exact) mass is 423 g/mol. The van der Waals surface area contributed by atoms with Crippen LogP contribution in [0.3, 0.4) is 0 Å². The number of anilines is 2. The first-order valence-electron chi connectivity index (χ1n) is 10.6. The molecule has 1 aliphatic rings. The summed E-state index contributed by atoms with van der Waals surface area (Å²) < 4.78 is 2.01. The summed E-state index contributed by atoms with van der Waals surface area (Å²) in [6, 6.07) is 12.5. The average molecular weight is 423 g/mol. The molecule has 0 amide bonds. The summed E-state index contributed by atoms with van der Waals surface area (Å²) in [5.74, 6) is 1.29. The molecule has 5 heterocycles. The van der Waals surface area contributed by atoms with Crippen LogP contribution in [-0.4, -0.2) is 48.0 Å². The SMILES string of the molecule is c1cncc(-c2cccc(-c3nc(Nc4cnn(C5CCNC5)c4)c4[nH]ncc4n3)c2)c1. The van der Waals surface area contributed by atoms with Gasteiger partial charge in [-0.1, -0.05) is 24.3 Å². The van der Waals surface area contributed by atoms with Gasteiger partial charge in [0.25, 0.3) is 0 Å². The minimum Gasteiger partial charge on any atom is -0.336 e. The van der Waals surface area contributed by atoms with E-state index in [1.165, 1.54) is 0 Å². The Morgan fingerprint density at radius 1 is 1.00 bits per heavy atom. The van der Waals surface area contributed by atoms with Gasteiger partial charge in [-0.05, 0) is 30.7 Å². The molecule has 9 heteroatoms. The molecule has 9 nitrogen and oxygen atoms in total. The lowest BCUT2D eigenvalue weighted by Crippen LogP contribution is -2.13. The van der Waals surface area contributed by atoms with Gasteiger partial charge in [0.1, 0.15) is 11.0 Å². The Kier molecular flexibility index (Phi) is 4.58. The molecule has 158 valence electrons. The highest BCUT2D eigenvalue weighted by atomic mass is 15.3. The smallest absolute Gasteiger partial charge is 0.162 e. The van der Waals surface area contributed by atoms with E-state index in [1.807, 2.05) is 47.5 Å². The Bertz CT molecular complexity index is 1370. The first-order valence-corrected chi connectivity index (χ1v) is 10.6. The van der Waals surface area contributed by atoms with Gasteiger partial charge in [0.05, 0.1) is 24.1 Å². The molecule has 1 saturated heterocycles. The van der Waals surface area contributed by atoms with Crippen molar-refractivity contribution in [2.45, 2.75) is 12.5 Å². The van der Waals surface area contributed by atoms with E-state index >= 15 is 0 Å². The van der Waals surface area contributed by atoms with Crippen LogP contribution < -0.4 is 10.6 Å². The molecule has 32 heavy (non-hydrogen) atoms. The zero-order chi connectivity index (χ0) is 21.3. The predicted molar refractivity (Wildman–Crippen MR) is 122 cm³/mol. The Hall–Kier alpha value is -4.11. The molecule has 0 saturated carbocycles. The Balaban J connectivity index is 1.36. The number of nitrogens with zero attached hydrogens (tertiary/aromatic N) is 6. The van der Waals surface area contributed by atoms with Crippen molar-refractivity contribution >= 4 is 22.5 Å². The van der Waals surface area contributed by atoms with Crippen LogP contribution in [0.2, 0.25) is 0 Å². The highest BCUT2D eigenvalue weighted by molar-refractivity contribution is 5.88. The number of H-pyrrole nitrogens is 1. The second-order valence-electron chi connectivity index (χ2n) is 7.83. The summed E-state index contributed by atoms with van der Waals surface area (Å²) in [6.07, 6.45) is 10.3. The topological polar surface area (TPSA) is 109 Å². The van der Waals surface area contributed by atoms with Crippen molar-refractivity contribution in [3.8, 4) is 22.5 Å². The van der Waals surface area contributed by atoms with Gasteiger partial charge in [-0.2, -0.15) is 10.2 Å². The molecule has 4 aromatic heterocycles. The number of rotatable bonds is 5. The van der Waals surface area contributed by atoms with Crippen LogP contribution in [0.15, 0.2) is 67.4 Å². The molecule has 6 rings (SSSR count). The molecule has 1 unspecified atom stereocenters. The molecule has 0 bridgehead atoms. The fourth-order valence-corrected chi connectivity index (χ4v) is 4.03. The third kappa shape index (κ3) is 3.48. The van der Waals surface area contributed by atoms with Crippen LogP contribution in [0.4, 0.5) is 11.5 Å². The van der Waals surface area contributed by atoms with E-state index in [0.29, 0.717) is 17.7 Å². The summed E-state index contributed by atoms with van der Waals surface area (Å²) in [7, 11) is 0. The van der Waals surface area contributed by atoms with Gasteiger partial charge in [-0.25, -0.2) is 9.97 Å². The standard InChI is InChI=1S/C23H21N9/c1-3-15(17-5-2-7-24-10-17)9-16(4-1)22-29-20-13-26-31-21(20)23(30-22)28-18-11-27-32(14-18)19-6-8-25-12-19/h1-5,7,9-11,13-14,19,25H,6,8,12H2,(H,26,31)(H,28,29,30). The van der Waals surface area contributed by atoms with Gasteiger partial charge in [-0.3, -0.25) is 14.8 Å². The highest BCUT2D eigenvalue weighted by Crippen LogP contribution is 2.29. The molecule has 1 aliphatic heterocycles. The fourth-order valence-electron chi connectivity index (χ4n) is 4.03. The zero-order valence-corrected chi connectivity index (χ0v) is 17.2. The van der Waals surface area contributed by atoms with Gasteiger partial charge in [0, 0.05) is 36.3 Å². The van der Waals surface area contributed by atoms with Crippen molar-refractivity contribution in [2.75, 3.05) is 18.4 Å². The number of fused-ring (bicyclic) bond motifs is 1. The maximum Gasteiger partial charge on any atom is 0.162 e. The number of nitrogens with one attached hydrogen (secondary N) is 3. The number of aromatic nitrogens is 7. The molecule has 0 spiro atoms. The van der Waals surface area contributed by atoms with E-state index in [1.54, 1.807) is 12.4 Å². The summed E-state index contributed by atoms with van der Waals surface area (Å²) in [5, 5.41) is 18.5. The Morgan fingerprint density at radius 2 is 1.94 bits per heavy atom. The van der Waals surface area contributed by atoms with E-state index in [2.05, 4.69) is 43.0 Å². The summed E-state index contributed by atoms with van der Waals surface area (Å²) >= 11 is 0. The van der Waals surface area contributed by atoms with E-state index in [0.717, 1.165) is 52.9 Å². The van der Waals surface area contributed by atoms with Gasteiger partial charge in [0.15, 0.2) is 11.6 Å². The number of hydrogen-bond donors (Lipinski definition) is 3. The molecular weight excluding hydrogens is 402 g/mol.